The van der Waals surface area contributed by atoms with Crippen LogP contribution in [0.2, 0.25) is 0 Å². The van der Waals surface area contributed by atoms with E-state index in [-0.39, 0.29) is 18.6 Å². The van der Waals surface area contributed by atoms with Crippen molar-refractivity contribution in [2.45, 2.75) is 31.7 Å². The van der Waals surface area contributed by atoms with E-state index in [1.54, 1.807) is 11.8 Å². The Kier molecular flexibility index (Phi) is 4.66. The van der Waals surface area contributed by atoms with E-state index in [4.69, 9.17) is 0 Å². The Balaban J connectivity index is 1.98. The zero-order valence-corrected chi connectivity index (χ0v) is 11.3. The highest BCUT2D eigenvalue weighted by Crippen LogP contribution is 2.22. The summed E-state index contributed by atoms with van der Waals surface area (Å²) in [4.78, 5) is 12.1. The molecule has 1 aromatic heterocycles. The minimum absolute atomic E-state index is 0.0289. The molecule has 0 spiro atoms. The van der Waals surface area contributed by atoms with Crippen LogP contribution in [0, 0.1) is 0 Å². The summed E-state index contributed by atoms with van der Waals surface area (Å²) in [6.45, 7) is -0.0289. The lowest BCUT2D eigenvalue weighted by Gasteiger charge is -2.15. The molecule has 1 atom stereocenters. The molecule has 1 aromatic rings. The maximum atomic E-state index is 12.1. The van der Waals surface area contributed by atoms with E-state index in [9.17, 15) is 9.90 Å². The molecule has 3 N–H and O–H groups in total. The molecular weight excluding hydrogens is 250 g/mol. The number of hydrogen-bond acceptors (Lipinski definition) is 4. The normalized spacial score (nSPS) is 15.4. The highest BCUT2D eigenvalue weighted by molar-refractivity contribution is 7.98. The number of carbonyl (C=O) groups excluding carboxylic acids is 1. The lowest BCUT2D eigenvalue weighted by molar-refractivity contribution is 0.0909. The Morgan fingerprint density at radius 1 is 1.61 bits per heavy atom. The molecule has 0 saturated carbocycles. The quantitative estimate of drug-likeness (QED) is 0.712. The fourth-order valence-corrected chi connectivity index (χ4v) is 2.75. The van der Waals surface area contributed by atoms with Crippen LogP contribution in [-0.2, 0) is 12.8 Å². The van der Waals surface area contributed by atoms with Crippen LogP contribution in [0.1, 0.15) is 34.6 Å². The van der Waals surface area contributed by atoms with Crippen molar-refractivity contribution in [3.8, 4) is 0 Å². The first-order chi connectivity index (χ1) is 8.76. The zero-order valence-electron chi connectivity index (χ0n) is 10.5. The van der Waals surface area contributed by atoms with E-state index in [0.29, 0.717) is 5.69 Å². The second-order valence-electron chi connectivity index (χ2n) is 4.52. The van der Waals surface area contributed by atoms with Crippen molar-refractivity contribution < 1.29 is 9.90 Å². The number of aromatic nitrogens is 2. The van der Waals surface area contributed by atoms with Gasteiger partial charge in [-0.25, -0.2) is 0 Å². The first-order valence-corrected chi connectivity index (χ1v) is 7.62. The second-order valence-corrected chi connectivity index (χ2v) is 5.50. The summed E-state index contributed by atoms with van der Waals surface area (Å²) in [6, 6.07) is -0.182. The van der Waals surface area contributed by atoms with Gasteiger partial charge in [0.1, 0.15) is 0 Å². The first-order valence-electron chi connectivity index (χ1n) is 6.23. The van der Waals surface area contributed by atoms with Gasteiger partial charge in [0.05, 0.1) is 12.6 Å². The Morgan fingerprint density at radius 2 is 2.44 bits per heavy atom. The van der Waals surface area contributed by atoms with E-state index < -0.39 is 0 Å². The van der Waals surface area contributed by atoms with Gasteiger partial charge in [0.25, 0.3) is 5.91 Å². The number of fused-ring (bicyclic) bond motifs is 1. The molecule has 1 heterocycles. The number of hydrogen-bond donors (Lipinski definition) is 3. The maximum Gasteiger partial charge on any atom is 0.272 e. The summed E-state index contributed by atoms with van der Waals surface area (Å²) in [7, 11) is 0. The SMILES string of the molecule is CSCC[C@@H](CO)NC(=O)c1n[nH]c2c1CCC2. The average Bonchev–Trinajstić information content (AvgIpc) is 2.96. The Bertz CT molecular complexity index is 419. The van der Waals surface area contributed by atoms with E-state index in [1.807, 2.05) is 6.26 Å². The summed E-state index contributed by atoms with van der Waals surface area (Å²) in [5, 5.41) is 19.1. The van der Waals surface area contributed by atoms with Gasteiger partial charge < -0.3 is 10.4 Å². The standard InChI is InChI=1S/C12H19N3O2S/c1-18-6-5-8(7-16)13-12(17)11-9-3-2-4-10(9)14-15-11/h8,16H,2-7H2,1H3,(H,13,17)(H,14,15)/t8-/m0/s1. The molecule has 2 rings (SSSR count). The molecule has 1 aliphatic rings. The lowest BCUT2D eigenvalue weighted by Crippen LogP contribution is -2.38. The molecule has 100 valence electrons. The van der Waals surface area contributed by atoms with Crippen molar-refractivity contribution in [2.24, 2.45) is 0 Å². The van der Waals surface area contributed by atoms with Gasteiger partial charge in [-0.3, -0.25) is 9.89 Å². The molecule has 0 unspecified atom stereocenters. The number of aliphatic hydroxyl groups excluding tert-OH is 1. The third kappa shape index (κ3) is 2.87. The molecule has 1 aliphatic carbocycles. The summed E-state index contributed by atoms with van der Waals surface area (Å²) >= 11 is 1.71. The van der Waals surface area contributed by atoms with Crippen molar-refractivity contribution in [3.63, 3.8) is 0 Å². The third-order valence-electron chi connectivity index (χ3n) is 3.25. The summed E-state index contributed by atoms with van der Waals surface area (Å²) in [5.74, 6) is 0.749. The molecule has 0 radical (unpaired) electrons. The summed E-state index contributed by atoms with van der Waals surface area (Å²) in [5.41, 5.74) is 2.64. The predicted octanol–water partition coefficient (Wildman–Crippen LogP) is 0.742. The number of nitrogens with zero attached hydrogens (tertiary/aromatic N) is 1. The van der Waals surface area contributed by atoms with Crippen LogP contribution in [0.15, 0.2) is 0 Å². The molecule has 0 saturated heterocycles. The first kappa shape index (κ1) is 13.4. The molecule has 0 aromatic carbocycles. The van der Waals surface area contributed by atoms with Crippen LogP contribution in [0.25, 0.3) is 0 Å². The predicted molar refractivity (Wildman–Crippen MR) is 72.0 cm³/mol. The van der Waals surface area contributed by atoms with Crippen LogP contribution in [0.3, 0.4) is 0 Å². The number of carbonyl (C=O) groups is 1. The summed E-state index contributed by atoms with van der Waals surface area (Å²) in [6.07, 6.45) is 5.77. The van der Waals surface area contributed by atoms with Gasteiger partial charge in [0, 0.05) is 11.3 Å². The van der Waals surface area contributed by atoms with E-state index >= 15 is 0 Å². The molecule has 6 heteroatoms. The van der Waals surface area contributed by atoms with E-state index in [1.165, 1.54) is 0 Å². The van der Waals surface area contributed by atoms with Crippen molar-refractivity contribution >= 4 is 17.7 Å². The van der Waals surface area contributed by atoms with Gasteiger partial charge in [-0.1, -0.05) is 0 Å². The Labute approximate surface area is 111 Å². The number of aliphatic hydroxyl groups is 1. The number of thioether (sulfide) groups is 1. The number of amides is 1. The Morgan fingerprint density at radius 3 is 3.17 bits per heavy atom. The molecule has 0 fully saturated rings. The van der Waals surface area contributed by atoms with Crippen molar-refractivity contribution in [2.75, 3.05) is 18.6 Å². The van der Waals surface area contributed by atoms with Crippen LogP contribution in [-0.4, -0.2) is 45.9 Å². The minimum atomic E-state index is -0.182. The lowest BCUT2D eigenvalue weighted by atomic mass is 10.1. The average molecular weight is 269 g/mol. The van der Waals surface area contributed by atoms with Crippen molar-refractivity contribution in [1.29, 1.82) is 0 Å². The monoisotopic (exact) mass is 269 g/mol. The third-order valence-corrected chi connectivity index (χ3v) is 3.89. The Hall–Kier alpha value is -1.01. The molecule has 1 amide bonds. The topological polar surface area (TPSA) is 78.0 Å². The molecule has 0 aliphatic heterocycles. The number of H-pyrrole nitrogens is 1. The van der Waals surface area contributed by atoms with Gasteiger partial charge in [0.15, 0.2) is 5.69 Å². The number of aryl methyl sites for hydroxylation is 1. The highest BCUT2D eigenvalue weighted by atomic mass is 32.2. The van der Waals surface area contributed by atoms with Crippen LogP contribution < -0.4 is 5.32 Å². The van der Waals surface area contributed by atoms with E-state index in [0.717, 1.165) is 42.7 Å². The molecule has 18 heavy (non-hydrogen) atoms. The van der Waals surface area contributed by atoms with E-state index in [2.05, 4.69) is 15.5 Å². The molecular formula is C12H19N3O2S. The minimum Gasteiger partial charge on any atom is -0.394 e. The van der Waals surface area contributed by atoms with Crippen molar-refractivity contribution in [1.82, 2.24) is 15.5 Å². The van der Waals surface area contributed by atoms with Gasteiger partial charge in [-0.05, 0) is 37.7 Å². The largest absolute Gasteiger partial charge is 0.394 e. The fraction of sp³-hybridized carbons (Fsp3) is 0.667. The van der Waals surface area contributed by atoms with Crippen LogP contribution >= 0.6 is 11.8 Å². The highest BCUT2D eigenvalue weighted by Gasteiger charge is 2.24. The fourth-order valence-electron chi connectivity index (χ4n) is 2.23. The molecule has 0 bridgehead atoms. The molecule has 5 nitrogen and oxygen atoms in total. The smallest absolute Gasteiger partial charge is 0.272 e. The number of nitrogens with one attached hydrogen (secondary N) is 2. The van der Waals surface area contributed by atoms with Gasteiger partial charge >= 0.3 is 0 Å². The second kappa shape index (κ2) is 6.24. The summed E-state index contributed by atoms with van der Waals surface area (Å²) < 4.78 is 0. The van der Waals surface area contributed by atoms with Gasteiger partial charge in [-0.15, -0.1) is 0 Å². The van der Waals surface area contributed by atoms with Crippen molar-refractivity contribution in [3.05, 3.63) is 17.0 Å². The number of rotatable bonds is 6. The van der Waals surface area contributed by atoms with Gasteiger partial charge in [0.2, 0.25) is 0 Å². The maximum absolute atomic E-state index is 12.1. The zero-order chi connectivity index (χ0) is 13.0. The number of aromatic amines is 1. The van der Waals surface area contributed by atoms with Crippen LogP contribution in [0.5, 0.6) is 0 Å². The van der Waals surface area contributed by atoms with Gasteiger partial charge in [-0.2, -0.15) is 16.9 Å². The van der Waals surface area contributed by atoms with Crippen LogP contribution in [0.4, 0.5) is 0 Å².